The van der Waals surface area contributed by atoms with Crippen LogP contribution in [0.4, 0.5) is 14.7 Å². The lowest BCUT2D eigenvalue weighted by Crippen LogP contribution is -2.20. The van der Waals surface area contributed by atoms with E-state index in [-0.39, 0.29) is 23.1 Å². The lowest BCUT2D eigenvalue weighted by atomic mass is 9.90. The van der Waals surface area contributed by atoms with E-state index >= 15 is 0 Å². The molecule has 0 unspecified atom stereocenters. The number of carbonyl (C=O) groups is 2. The predicted octanol–water partition coefficient (Wildman–Crippen LogP) is 4.89. The van der Waals surface area contributed by atoms with Crippen LogP contribution in [0.25, 0.3) is 17.3 Å². The highest BCUT2D eigenvalue weighted by molar-refractivity contribution is 7.91. The van der Waals surface area contributed by atoms with Gasteiger partial charge in [0.2, 0.25) is 16.0 Å². The number of nitrogens with one attached hydrogen (secondary N) is 1. The molecule has 0 saturated heterocycles. The number of ketones is 1. The van der Waals surface area contributed by atoms with E-state index in [1.54, 1.807) is 6.07 Å². The largest absolute Gasteiger partial charge is 0.481 e. The number of sulfonamides is 1. The molecular formula is C27H28F2N4O5S. The highest BCUT2D eigenvalue weighted by atomic mass is 32.2. The van der Waals surface area contributed by atoms with Crippen molar-refractivity contribution in [2.75, 3.05) is 11.0 Å². The van der Waals surface area contributed by atoms with Gasteiger partial charge in [0, 0.05) is 35.0 Å². The zero-order valence-corrected chi connectivity index (χ0v) is 22.3. The number of hydrogen-bond acceptors (Lipinski definition) is 7. The first-order valence-corrected chi connectivity index (χ1v) is 13.9. The molecule has 2 N–H and O–H groups in total. The number of Topliss-reactive ketones (excluding diaryl/α,β-unsaturated/α-hetero) is 1. The second kappa shape index (κ2) is 12.7. The summed E-state index contributed by atoms with van der Waals surface area (Å²) in [6.45, 7) is 3.64. The molecule has 2 heterocycles. The standard InChI is InChI=1S/C27H28F2N4O5S/c1-16(2)24-22(25(17-6-9-20(28)10-7-17)32-27(31-24)33-39(3,37)38)11-8-18(13-21(29)14-23(34)35)26(36)19-5-4-12-30-15-19/h4-12,15-16,18,21H,13-14H2,1-3H3,(H,34,35)(H,31,32,33)/b11-8+/t18-,21-/m0/s1. The third kappa shape index (κ3) is 8.47. The normalized spacial score (nSPS) is 13.4. The Balaban J connectivity index is 2.17. The van der Waals surface area contributed by atoms with Crippen molar-refractivity contribution in [1.29, 1.82) is 0 Å². The van der Waals surface area contributed by atoms with Gasteiger partial charge in [-0.3, -0.25) is 19.3 Å². The van der Waals surface area contributed by atoms with E-state index in [9.17, 15) is 26.8 Å². The number of carboxylic acids is 1. The molecule has 2 atom stereocenters. The van der Waals surface area contributed by atoms with E-state index in [2.05, 4.69) is 19.7 Å². The summed E-state index contributed by atoms with van der Waals surface area (Å²) in [6.07, 6.45) is 3.80. The van der Waals surface area contributed by atoms with Crippen LogP contribution < -0.4 is 4.72 Å². The van der Waals surface area contributed by atoms with Crippen LogP contribution in [0.15, 0.2) is 54.9 Å². The first-order chi connectivity index (χ1) is 18.3. The number of anilines is 1. The molecule has 206 valence electrons. The SMILES string of the molecule is CC(C)c1nc(NS(C)(=O)=O)nc(-c2ccc(F)cc2)c1/C=C/[C@@H](C[C@H](F)CC(=O)O)C(=O)c1cccnc1. The van der Waals surface area contributed by atoms with Crippen molar-refractivity contribution < 1.29 is 31.9 Å². The highest BCUT2D eigenvalue weighted by Crippen LogP contribution is 2.32. The molecule has 9 nitrogen and oxygen atoms in total. The fourth-order valence-electron chi connectivity index (χ4n) is 3.89. The van der Waals surface area contributed by atoms with E-state index in [0.717, 1.165) is 6.26 Å². The van der Waals surface area contributed by atoms with Gasteiger partial charge in [0.25, 0.3) is 0 Å². The van der Waals surface area contributed by atoms with Crippen molar-refractivity contribution in [2.45, 2.75) is 38.8 Å². The molecule has 0 radical (unpaired) electrons. The second-order valence-electron chi connectivity index (χ2n) is 9.23. The summed E-state index contributed by atoms with van der Waals surface area (Å²) in [7, 11) is -3.72. The fourth-order valence-corrected chi connectivity index (χ4v) is 4.31. The smallest absolute Gasteiger partial charge is 0.306 e. The van der Waals surface area contributed by atoms with Gasteiger partial charge in [-0.25, -0.2) is 27.2 Å². The molecule has 3 aromatic rings. The zero-order chi connectivity index (χ0) is 28.7. The number of pyridine rings is 1. The molecule has 0 bridgehead atoms. The van der Waals surface area contributed by atoms with Crippen LogP contribution in [0.5, 0.6) is 0 Å². The second-order valence-corrected chi connectivity index (χ2v) is 11.0. The number of nitrogens with zero attached hydrogens (tertiary/aromatic N) is 3. The first-order valence-electron chi connectivity index (χ1n) is 12.0. The number of aliphatic carboxylic acids is 1. The minimum absolute atomic E-state index is 0.189. The van der Waals surface area contributed by atoms with E-state index < -0.39 is 52.5 Å². The van der Waals surface area contributed by atoms with Crippen LogP contribution in [-0.2, 0) is 14.8 Å². The number of halogens is 2. The van der Waals surface area contributed by atoms with E-state index in [1.807, 2.05) is 13.8 Å². The molecule has 1 aromatic carbocycles. The Morgan fingerprint density at radius 1 is 1.13 bits per heavy atom. The molecule has 0 spiro atoms. The summed E-state index contributed by atoms with van der Waals surface area (Å²) in [6, 6.07) is 8.45. The zero-order valence-electron chi connectivity index (χ0n) is 21.5. The Morgan fingerprint density at radius 3 is 2.38 bits per heavy atom. The maximum atomic E-state index is 14.6. The Labute approximate surface area is 225 Å². The van der Waals surface area contributed by atoms with Gasteiger partial charge in [0.1, 0.15) is 12.0 Å². The molecule has 39 heavy (non-hydrogen) atoms. The van der Waals surface area contributed by atoms with Gasteiger partial charge < -0.3 is 5.11 Å². The number of allylic oxidation sites excluding steroid dienone is 1. The summed E-state index contributed by atoms with van der Waals surface area (Å²) in [5, 5.41) is 9.00. The van der Waals surface area contributed by atoms with Gasteiger partial charge in [-0.1, -0.05) is 26.0 Å². The van der Waals surface area contributed by atoms with E-state index in [4.69, 9.17) is 5.11 Å². The van der Waals surface area contributed by atoms with Gasteiger partial charge in [-0.05, 0) is 48.7 Å². The molecule has 0 fully saturated rings. The molecule has 0 amide bonds. The van der Waals surface area contributed by atoms with Gasteiger partial charge in [0.15, 0.2) is 5.78 Å². The van der Waals surface area contributed by atoms with Crippen molar-refractivity contribution in [3.05, 3.63) is 77.5 Å². The monoisotopic (exact) mass is 558 g/mol. The Bertz CT molecular complexity index is 1460. The van der Waals surface area contributed by atoms with Gasteiger partial charge in [-0.2, -0.15) is 0 Å². The van der Waals surface area contributed by atoms with Crippen molar-refractivity contribution in [2.24, 2.45) is 5.92 Å². The van der Waals surface area contributed by atoms with Crippen molar-refractivity contribution >= 4 is 33.8 Å². The summed E-state index contributed by atoms with van der Waals surface area (Å²) in [5.74, 6) is -3.78. The third-order valence-electron chi connectivity index (χ3n) is 5.60. The molecule has 2 aromatic heterocycles. The van der Waals surface area contributed by atoms with Crippen LogP contribution in [0, 0.1) is 11.7 Å². The van der Waals surface area contributed by atoms with Crippen molar-refractivity contribution in [3.8, 4) is 11.3 Å². The van der Waals surface area contributed by atoms with E-state index in [1.165, 1.54) is 54.9 Å². The average Bonchev–Trinajstić information content (AvgIpc) is 2.85. The maximum Gasteiger partial charge on any atom is 0.306 e. The van der Waals surface area contributed by atoms with Gasteiger partial charge in [-0.15, -0.1) is 0 Å². The fraction of sp³-hybridized carbons (Fsp3) is 0.296. The molecule has 0 aliphatic rings. The number of carbonyl (C=O) groups excluding carboxylic acids is 1. The van der Waals surface area contributed by atoms with Crippen LogP contribution in [-0.4, -0.2) is 52.7 Å². The topological polar surface area (TPSA) is 139 Å². The maximum absolute atomic E-state index is 14.6. The quantitative estimate of drug-likeness (QED) is 0.300. The number of carboxylic acid groups (broad SMARTS) is 1. The van der Waals surface area contributed by atoms with Crippen LogP contribution >= 0.6 is 0 Å². The highest BCUT2D eigenvalue weighted by Gasteiger charge is 2.25. The molecular weight excluding hydrogens is 530 g/mol. The molecule has 3 rings (SSSR count). The minimum atomic E-state index is -3.72. The number of rotatable bonds is 12. The number of benzene rings is 1. The molecule has 0 saturated carbocycles. The summed E-state index contributed by atoms with van der Waals surface area (Å²) >= 11 is 0. The lowest BCUT2D eigenvalue weighted by molar-refractivity contribution is -0.138. The van der Waals surface area contributed by atoms with Crippen LogP contribution in [0.2, 0.25) is 0 Å². The van der Waals surface area contributed by atoms with Crippen LogP contribution in [0.3, 0.4) is 0 Å². The molecule has 0 aliphatic heterocycles. The number of hydrogen-bond donors (Lipinski definition) is 2. The van der Waals surface area contributed by atoms with Gasteiger partial charge >= 0.3 is 5.97 Å². The Morgan fingerprint density at radius 2 is 1.82 bits per heavy atom. The molecule has 12 heteroatoms. The Kier molecular flexibility index (Phi) is 9.57. The minimum Gasteiger partial charge on any atom is -0.481 e. The average molecular weight is 559 g/mol. The summed E-state index contributed by atoms with van der Waals surface area (Å²) < 4.78 is 54.3. The number of alkyl halides is 1. The molecule has 0 aliphatic carbocycles. The van der Waals surface area contributed by atoms with Crippen LogP contribution in [0.1, 0.15) is 54.2 Å². The third-order valence-corrected chi connectivity index (χ3v) is 6.15. The van der Waals surface area contributed by atoms with E-state index in [0.29, 0.717) is 16.8 Å². The Hall–Kier alpha value is -4.06. The van der Waals surface area contributed by atoms with Crippen molar-refractivity contribution in [1.82, 2.24) is 15.0 Å². The first kappa shape index (κ1) is 29.5. The summed E-state index contributed by atoms with van der Waals surface area (Å²) in [5.41, 5.74) is 1.75. The van der Waals surface area contributed by atoms with Gasteiger partial charge in [0.05, 0.1) is 24.1 Å². The lowest BCUT2D eigenvalue weighted by Gasteiger charge is -2.18. The number of aromatic nitrogens is 3. The summed E-state index contributed by atoms with van der Waals surface area (Å²) in [4.78, 5) is 37.0. The van der Waals surface area contributed by atoms with Crippen molar-refractivity contribution in [3.63, 3.8) is 0 Å². The predicted molar refractivity (Wildman–Crippen MR) is 143 cm³/mol.